The summed E-state index contributed by atoms with van der Waals surface area (Å²) in [6, 6.07) is 7.88. The minimum absolute atomic E-state index is 0.0786. The smallest absolute Gasteiger partial charge is 0.180 e. The minimum Gasteiger partial charge on any atom is -0.490 e. The van der Waals surface area contributed by atoms with E-state index in [2.05, 4.69) is 5.32 Å². The Balaban J connectivity index is 1.93. The van der Waals surface area contributed by atoms with Crippen molar-refractivity contribution in [1.82, 2.24) is 5.32 Å². The summed E-state index contributed by atoms with van der Waals surface area (Å²) < 4.78 is 10.5. The highest BCUT2D eigenvalue weighted by Crippen LogP contribution is 2.20. The first-order valence-electron chi connectivity index (χ1n) is 6.28. The number of hydrogen-bond acceptors (Lipinski definition) is 4. The summed E-state index contributed by atoms with van der Waals surface area (Å²) in [5.74, 6) is 0.715. The van der Waals surface area contributed by atoms with Crippen LogP contribution in [0, 0.1) is 0 Å². The zero-order valence-corrected chi connectivity index (χ0v) is 10.6. The van der Waals surface area contributed by atoms with E-state index in [-0.39, 0.29) is 5.78 Å². The number of benzene rings is 1. The average molecular weight is 249 g/mol. The molecule has 1 aliphatic rings. The molecule has 98 valence electrons. The molecule has 0 aliphatic heterocycles. The fourth-order valence-electron chi connectivity index (χ4n) is 1.68. The molecule has 4 nitrogen and oxygen atoms in total. The van der Waals surface area contributed by atoms with Crippen molar-refractivity contribution in [1.29, 1.82) is 0 Å². The van der Waals surface area contributed by atoms with Crippen LogP contribution in [0.4, 0.5) is 0 Å². The third-order valence-electron chi connectivity index (χ3n) is 2.86. The fourth-order valence-corrected chi connectivity index (χ4v) is 1.68. The van der Waals surface area contributed by atoms with Crippen molar-refractivity contribution in [3.63, 3.8) is 0 Å². The fraction of sp³-hybridized carbons (Fsp3) is 0.500. The van der Waals surface area contributed by atoms with Gasteiger partial charge in [-0.25, -0.2) is 0 Å². The van der Waals surface area contributed by atoms with Gasteiger partial charge in [-0.2, -0.15) is 0 Å². The van der Waals surface area contributed by atoms with Crippen molar-refractivity contribution in [2.75, 3.05) is 26.9 Å². The number of ketones is 1. The minimum atomic E-state index is 0.0786. The van der Waals surface area contributed by atoms with Gasteiger partial charge in [0.05, 0.1) is 18.7 Å². The molecule has 1 aromatic rings. The second-order valence-electron chi connectivity index (χ2n) is 4.42. The predicted molar refractivity (Wildman–Crippen MR) is 69.2 cm³/mol. The summed E-state index contributed by atoms with van der Waals surface area (Å²) >= 11 is 0. The van der Waals surface area contributed by atoms with Crippen molar-refractivity contribution < 1.29 is 14.3 Å². The van der Waals surface area contributed by atoms with Gasteiger partial charge >= 0.3 is 0 Å². The van der Waals surface area contributed by atoms with Crippen LogP contribution in [0.1, 0.15) is 23.2 Å². The molecule has 0 amide bonds. The Labute approximate surface area is 107 Å². The molecule has 0 radical (unpaired) electrons. The Morgan fingerprint density at radius 1 is 1.33 bits per heavy atom. The highest BCUT2D eigenvalue weighted by Gasteiger charge is 2.22. The van der Waals surface area contributed by atoms with Crippen LogP contribution in [0.3, 0.4) is 0 Å². The number of ether oxygens (including phenoxy) is 2. The van der Waals surface area contributed by atoms with Gasteiger partial charge in [-0.1, -0.05) is 12.1 Å². The third-order valence-corrected chi connectivity index (χ3v) is 2.86. The molecule has 18 heavy (non-hydrogen) atoms. The summed E-state index contributed by atoms with van der Waals surface area (Å²) in [7, 11) is 1.62. The average Bonchev–Trinajstić information content (AvgIpc) is 3.21. The van der Waals surface area contributed by atoms with E-state index >= 15 is 0 Å². The number of methoxy groups -OCH3 is 1. The van der Waals surface area contributed by atoms with Crippen LogP contribution in [-0.4, -0.2) is 38.7 Å². The quantitative estimate of drug-likeness (QED) is 0.562. The summed E-state index contributed by atoms with van der Waals surface area (Å²) in [5, 5.41) is 3.22. The van der Waals surface area contributed by atoms with E-state index in [1.165, 1.54) is 12.8 Å². The number of hydrogen-bond donors (Lipinski definition) is 1. The second-order valence-corrected chi connectivity index (χ2v) is 4.42. The third kappa shape index (κ3) is 3.82. The molecule has 1 saturated carbocycles. The lowest BCUT2D eigenvalue weighted by atomic mass is 10.1. The number of para-hydroxylation sites is 1. The van der Waals surface area contributed by atoms with Gasteiger partial charge < -0.3 is 14.8 Å². The van der Waals surface area contributed by atoms with Crippen LogP contribution >= 0.6 is 0 Å². The van der Waals surface area contributed by atoms with Gasteiger partial charge in [0.1, 0.15) is 12.4 Å². The molecule has 0 saturated heterocycles. The van der Waals surface area contributed by atoms with Crippen LogP contribution in [0.2, 0.25) is 0 Å². The van der Waals surface area contributed by atoms with E-state index in [1.54, 1.807) is 13.2 Å². The highest BCUT2D eigenvalue weighted by atomic mass is 16.5. The van der Waals surface area contributed by atoms with Gasteiger partial charge in [0.15, 0.2) is 5.78 Å². The van der Waals surface area contributed by atoms with Crippen molar-refractivity contribution in [2.45, 2.75) is 18.9 Å². The molecule has 1 N–H and O–H groups in total. The van der Waals surface area contributed by atoms with Gasteiger partial charge in [-0.15, -0.1) is 0 Å². The first-order valence-corrected chi connectivity index (χ1v) is 6.28. The van der Waals surface area contributed by atoms with Gasteiger partial charge in [0.2, 0.25) is 0 Å². The second kappa shape index (κ2) is 6.52. The van der Waals surface area contributed by atoms with E-state index in [4.69, 9.17) is 9.47 Å². The van der Waals surface area contributed by atoms with Gasteiger partial charge in [-0.05, 0) is 25.0 Å². The monoisotopic (exact) mass is 249 g/mol. The molecule has 0 spiro atoms. The maximum atomic E-state index is 12.1. The normalized spacial score (nSPS) is 14.5. The number of carbonyl (C=O) groups excluding carboxylic acids is 1. The van der Waals surface area contributed by atoms with E-state index in [0.717, 1.165) is 0 Å². The summed E-state index contributed by atoms with van der Waals surface area (Å²) in [6.45, 7) is 1.36. The lowest BCUT2D eigenvalue weighted by Gasteiger charge is -2.10. The van der Waals surface area contributed by atoms with Crippen molar-refractivity contribution in [2.24, 2.45) is 0 Å². The van der Waals surface area contributed by atoms with Crippen molar-refractivity contribution in [3.05, 3.63) is 29.8 Å². The van der Waals surface area contributed by atoms with Crippen LogP contribution < -0.4 is 10.1 Å². The first-order chi connectivity index (χ1) is 8.81. The lowest BCUT2D eigenvalue weighted by molar-refractivity contribution is 0.0982. The van der Waals surface area contributed by atoms with Crippen LogP contribution in [0.5, 0.6) is 5.75 Å². The van der Waals surface area contributed by atoms with Crippen LogP contribution in [0.15, 0.2) is 24.3 Å². The maximum absolute atomic E-state index is 12.1. The van der Waals surface area contributed by atoms with E-state index < -0.39 is 0 Å². The van der Waals surface area contributed by atoms with E-state index in [1.807, 2.05) is 18.2 Å². The molecule has 1 aromatic carbocycles. The summed E-state index contributed by atoms with van der Waals surface area (Å²) in [4.78, 5) is 12.1. The topological polar surface area (TPSA) is 47.6 Å². The van der Waals surface area contributed by atoms with Crippen molar-refractivity contribution >= 4 is 5.78 Å². The Kier molecular flexibility index (Phi) is 4.73. The van der Waals surface area contributed by atoms with E-state index in [0.29, 0.717) is 37.1 Å². The van der Waals surface area contributed by atoms with Gasteiger partial charge in [-0.3, -0.25) is 4.79 Å². The van der Waals surface area contributed by atoms with Crippen LogP contribution in [0.25, 0.3) is 0 Å². The Morgan fingerprint density at radius 2 is 2.11 bits per heavy atom. The highest BCUT2D eigenvalue weighted by molar-refractivity contribution is 6.00. The zero-order chi connectivity index (χ0) is 12.8. The standard InChI is InChI=1S/C14H19NO3/c1-17-8-9-18-14-5-3-2-4-12(14)13(16)10-15-11-6-7-11/h2-5,11,15H,6-10H2,1H3. The van der Waals surface area contributed by atoms with Crippen molar-refractivity contribution in [3.8, 4) is 5.75 Å². The molecule has 0 atom stereocenters. The van der Waals surface area contributed by atoms with Crippen LogP contribution in [-0.2, 0) is 4.74 Å². The molecule has 2 rings (SSSR count). The Bertz CT molecular complexity index is 402. The molecule has 0 bridgehead atoms. The molecule has 0 unspecified atom stereocenters. The lowest BCUT2D eigenvalue weighted by Crippen LogP contribution is -2.25. The Hall–Kier alpha value is -1.39. The number of nitrogens with one attached hydrogen (secondary N) is 1. The molecule has 4 heteroatoms. The molecular formula is C14H19NO3. The first kappa shape index (κ1) is 13.1. The summed E-state index contributed by atoms with van der Waals surface area (Å²) in [6.07, 6.45) is 2.36. The molecular weight excluding hydrogens is 230 g/mol. The maximum Gasteiger partial charge on any atom is 0.180 e. The number of rotatable bonds is 8. The molecule has 0 aromatic heterocycles. The largest absolute Gasteiger partial charge is 0.490 e. The Morgan fingerprint density at radius 3 is 2.83 bits per heavy atom. The molecule has 1 fully saturated rings. The molecule has 0 heterocycles. The van der Waals surface area contributed by atoms with Gasteiger partial charge in [0.25, 0.3) is 0 Å². The molecule has 1 aliphatic carbocycles. The number of carbonyl (C=O) groups is 1. The SMILES string of the molecule is COCCOc1ccccc1C(=O)CNC1CC1. The zero-order valence-electron chi connectivity index (χ0n) is 10.6. The predicted octanol–water partition coefficient (Wildman–Crippen LogP) is 1.65. The van der Waals surface area contributed by atoms with E-state index in [9.17, 15) is 4.79 Å². The number of Topliss-reactive ketones (excluding diaryl/α,β-unsaturated/α-hetero) is 1. The van der Waals surface area contributed by atoms with Gasteiger partial charge in [0, 0.05) is 13.2 Å². The summed E-state index contributed by atoms with van der Waals surface area (Å²) in [5.41, 5.74) is 0.641.